The van der Waals surface area contributed by atoms with Gasteiger partial charge in [0.15, 0.2) is 0 Å². The van der Waals surface area contributed by atoms with Crippen LogP contribution in [0.25, 0.3) is 0 Å². The predicted octanol–water partition coefficient (Wildman–Crippen LogP) is 0.447. The molecule has 1 heterocycles. The van der Waals surface area contributed by atoms with E-state index in [4.69, 9.17) is 5.73 Å². The number of carbonyl (C=O) groups excluding carboxylic acids is 1. The van der Waals surface area contributed by atoms with Gasteiger partial charge in [-0.3, -0.25) is 14.2 Å². The molecular weight excluding hydrogens is 244 g/mol. The standard InChI is InChI=1S/C13H20N4O2/c1-2-9-7-12(19)17(13(14)16-9)8-11(18)15-10-5-3-4-6-10/h7,10H,2-6,8H2,1H3,(H2,14,16)(H,15,18). The Morgan fingerprint density at radius 3 is 2.79 bits per heavy atom. The lowest BCUT2D eigenvalue weighted by atomic mass is 10.2. The summed E-state index contributed by atoms with van der Waals surface area (Å²) in [7, 11) is 0. The van der Waals surface area contributed by atoms with Crippen LogP contribution < -0.4 is 16.6 Å². The lowest BCUT2D eigenvalue weighted by molar-refractivity contribution is -0.122. The minimum Gasteiger partial charge on any atom is -0.369 e. The fraction of sp³-hybridized carbons (Fsp3) is 0.615. The number of carbonyl (C=O) groups is 1. The number of hydrogen-bond donors (Lipinski definition) is 2. The number of anilines is 1. The Balaban J connectivity index is 2.06. The second kappa shape index (κ2) is 5.86. The fourth-order valence-electron chi connectivity index (χ4n) is 2.40. The Labute approximate surface area is 112 Å². The second-order valence-corrected chi connectivity index (χ2v) is 4.93. The molecule has 0 aromatic carbocycles. The maximum Gasteiger partial charge on any atom is 0.255 e. The van der Waals surface area contributed by atoms with Crippen molar-refractivity contribution >= 4 is 11.9 Å². The first kappa shape index (κ1) is 13.6. The molecule has 1 saturated carbocycles. The lowest BCUT2D eigenvalue weighted by Crippen LogP contribution is -2.38. The summed E-state index contributed by atoms with van der Waals surface area (Å²) in [6.07, 6.45) is 4.99. The number of amides is 1. The number of aromatic nitrogens is 2. The molecule has 6 heteroatoms. The molecule has 104 valence electrons. The van der Waals surface area contributed by atoms with Crippen LogP contribution in [0.15, 0.2) is 10.9 Å². The molecule has 0 atom stereocenters. The molecule has 2 rings (SSSR count). The van der Waals surface area contributed by atoms with E-state index in [1.807, 2.05) is 6.92 Å². The zero-order valence-corrected chi connectivity index (χ0v) is 11.2. The van der Waals surface area contributed by atoms with Crippen molar-refractivity contribution in [1.29, 1.82) is 0 Å². The van der Waals surface area contributed by atoms with E-state index in [9.17, 15) is 9.59 Å². The third-order valence-electron chi connectivity index (χ3n) is 3.48. The summed E-state index contributed by atoms with van der Waals surface area (Å²) >= 11 is 0. The maximum absolute atomic E-state index is 11.9. The summed E-state index contributed by atoms with van der Waals surface area (Å²) in [6, 6.07) is 1.67. The van der Waals surface area contributed by atoms with Gasteiger partial charge in [-0.1, -0.05) is 19.8 Å². The predicted molar refractivity (Wildman–Crippen MR) is 72.7 cm³/mol. The molecule has 0 radical (unpaired) electrons. The summed E-state index contributed by atoms with van der Waals surface area (Å²) in [5.41, 5.74) is 6.10. The Kier molecular flexibility index (Phi) is 4.19. The van der Waals surface area contributed by atoms with E-state index in [1.165, 1.54) is 10.6 Å². The Morgan fingerprint density at radius 2 is 2.21 bits per heavy atom. The summed E-state index contributed by atoms with van der Waals surface area (Å²) in [5, 5.41) is 2.93. The quantitative estimate of drug-likeness (QED) is 0.826. The molecule has 0 spiro atoms. The van der Waals surface area contributed by atoms with Gasteiger partial charge < -0.3 is 11.1 Å². The Morgan fingerprint density at radius 1 is 1.53 bits per heavy atom. The average Bonchev–Trinajstić information content (AvgIpc) is 2.86. The minimum atomic E-state index is -0.272. The van der Waals surface area contributed by atoms with Gasteiger partial charge in [0.1, 0.15) is 6.54 Å². The topological polar surface area (TPSA) is 90.0 Å². The van der Waals surface area contributed by atoms with Gasteiger partial charge in [-0.05, 0) is 19.3 Å². The molecule has 3 N–H and O–H groups in total. The van der Waals surface area contributed by atoms with Crippen molar-refractivity contribution in [2.75, 3.05) is 5.73 Å². The number of hydrogen-bond acceptors (Lipinski definition) is 4. The van der Waals surface area contributed by atoms with Crippen LogP contribution in [0.3, 0.4) is 0 Å². The normalized spacial score (nSPS) is 15.6. The van der Waals surface area contributed by atoms with E-state index < -0.39 is 0 Å². The van der Waals surface area contributed by atoms with Crippen LogP contribution in [-0.4, -0.2) is 21.5 Å². The third kappa shape index (κ3) is 3.33. The van der Waals surface area contributed by atoms with Gasteiger partial charge in [0.2, 0.25) is 11.9 Å². The summed E-state index contributed by atoms with van der Waals surface area (Å²) in [4.78, 5) is 27.8. The minimum absolute atomic E-state index is 0.0574. The smallest absolute Gasteiger partial charge is 0.255 e. The first-order chi connectivity index (χ1) is 9.10. The largest absolute Gasteiger partial charge is 0.369 e. The molecule has 0 aliphatic heterocycles. The van der Waals surface area contributed by atoms with E-state index in [0.29, 0.717) is 12.1 Å². The van der Waals surface area contributed by atoms with Crippen LogP contribution in [0.2, 0.25) is 0 Å². The lowest BCUT2D eigenvalue weighted by Gasteiger charge is -2.14. The van der Waals surface area contributed by atoms with Crippen LogP contribution in [0.1, 0.15) is 38.3 Å². The monoisotopic (exact) mass is 264 g/mol. The van der Waals surface area contributed by atoms with Crippen molar-refractivity contribution in [3.05, 3.63) is 22.1 Å². The molecule has 0 saturated heterocycles. The first-order valence-corrected chi connectivity index (χ1v) is 6.75. The zero-order valence-electron chi connectivity index (χ0n) is 11.2. The SMILES string of the molecule is CCc1cc(=O)n(CC(=O)NC2CCCC2)c(N)n1. The number of nitrogens with two attached hydrogens (primary N) is 1. The second-order valence-electron chi connectivity index (χ2n) is 4.93. The van der Waals surface area contributed by atoms with Crippen LogP contribution in [0, 0.1) is 0 Å². The molecule has 0 unspecified atom stereocenters. The molecule has 1 fully saturated rings. The molecular formula is C13H20N4O2. The van der Waals surface area contributed by atoms with Gasteiger partial charge in [-0.15, -0.1) is 0 Å². The molecule has 0 bridgehead atoms. The van der Waals surface area contributed by atoms with Crippen LogP contribution in [-0.2, 0) is 17.8 Å². The first-order valence-electron chi connectivity index (χ1n) is 6.75. The van der Waals surface area contributed by atoms with Crippen LogP contribution >= 0.6 is 0 Å². The number of nitrogen functional groups attached to an aromatic ring is 1. The summed E-state index contributed by atoms with van der Waals surface area (Å²) < 4.78 is 1.21. The molecule has 1 aliphatic carbocycles. The van der Waals surface area contributed by atoms with Crippen LogP contribution in [0.4, 0.5) is 5.95 Å². The van der Waals surface area contributed by atoms with E-state index in [2.05, 4.69) is 10.3 Å². The summed E-state index contributed by atoms with van der Waals surface area (Å²) in [6.45, 7) is 1.84. The van der Waals surface area contributed by atoms with Gasteiger partial charge in [0.25, 0.3) is 5.56 Å². The highest BCUT2D eigenvalue weighted by atomic mass is 16.2. The van der Waals surface area contributed by atoms with Crippen molar-refractivity contribution in [2.45, 2.75) is 51.6 Å². The van der Waals surface area contributed by atoms with Gasteiger partial charge in [0, 0.05) is 17.8 Å². The Hall–Kier alpha value is -1.85. The fourth-order valence-corrected chi connectivity index (χ4v) is 2.40. The molecule has 1 amide bonds. The van der Waals surface area contributed by atoms with Crippen molar-refractivity contribution in [3.8, 4) is 0 Å². The number of rotatable bonds is 4. The van der Waals surface area contributed by atoms with Crippen LogP contribution in [0.5, 0.6) is 0 Å². The van der Waals surface area contributed by atoms with Crippen molar-refractivity contribution < 1.29 is 4.79 Å². The molecule has 6 nitrogen and oxygen atoms in total. The third-order valence-corrected chi connectivity index (χ3v) is 3.48. The van der Waals surface area contributed by atoms with E-state index in [0.717, 1.165) is 25.7 Å². The number of nitrogens with zero attached hydrogens (tertiary/aromatic N) is 2. The van der Waals surface area contributed by atoms with E-state index in [1.54, 1.807) is 0 Å². The Bertz CT molecular complexity index is 518. The number of nitrogens with one attached hydrogen (secondary N) is 1. The molecule has 19 heavy (non-hydrogen) atoms. The molecule has 1 aromatic heterocycles. The van der Waals surface area contributed by atoms with E-state index >= 15 is 0 Å². The van der Waals surface area contributed by atoms with Gasteiger partial charge in [-0.25, -0.2) is 4.98 Å². The average molecular weight is 264 g/mol. The van der Waals surface area contributed by atoms with Crippen molar-refractivity contribution in [1.82, 2.24) is 14.9 Å². The van der Waals surface area contributed by atoms with Gasteiger partial charge in [0.05, 0.1) is 0 Å². The molecule has 1 aliphatic rings. The van der Waals surface area contributed by atoms with Gasteiger partial charge in [-0.2, -0.15) is 0 Å². The summed E-state index contributed by atoms with van der Waals surface area (Å²) in [5.74, 6) is -0.0716. The van der Waals surface area contributed by atoms with Crippen molar-refractivity contribution in [3.63, 3.8) is 0 Å². The van der Waals surface area contributed by atoms with Gasteiger partial charge >= 0.3 is 0 Å². The van der Waals surface area contributed by atoms with E-state index in [-0.39, 0.29) is 30.0 Å². The maximum atomic E-state index is 11.9. The highest BCUT2D eigenvalue weighted by Crippen LogP contribution is 2.17. The highest BCUT2D eigenvalue weighted by molar-refractivity contribution is 5.76. The van der Waals surface area contributed by atoms with Crippen molar-refractivity contribution in [2.24, 2.45) is 0 Å². The number of aryl methyl sites for hydroxylation is 1. The zero-order chi connectivity index (χ0) is 13.8. The molecule has 1 aromatic rings. The highest BCUT2D eigenvalue weighted by Gasteiger charge is 2.18.